The molecule has 2 heterocycles. The smallest absolute Gasteiger partial charge is 0.224 e. The molecule has 0 aliphatic rings. The molecule has 0 radical (unpaired) electrons. The first-order chi connectivity index (χ1) is 9.69. The van der Waals surface area contributed by atoms with Gasteiger partial charge >= 0.3 is 0 Å². The zero-order valence-electron chi connectivity index (χ0n) is 11.3. The second-order valence-electron chi connectivity index (χ2n) is 4.54. The second-order valence-corrected chi connectivity index (χ2v) is 4.54. The van der Waals surface area contributed by atoms with Gasteiger partial charge in [-0.3, -0.25) is 0 Å². The molecule has 0 spiro atoms. The van der Waals surface area contributed by atoms with Crippen molar-refractivity contribution in [3.63, 3.8) is 0 Å². The Balaban J connectivity index is 2.04. The van der Waals surface area contributed by atoms with E-state index in [1.807, 2.05) is 31.2 Å². The highest BCUT2D eigenvalue weighted by atomic mass is 16.5. The molecule has 0 saturated carbocycles. The third kappa shape index (κ3) is 2.05. The Labute approximate surface area is 116 Å². The van der Waals surface area contributed by atoms with E-state index in [-0.39, 0.29) is 5.92 Å². The van der Waals surface area contributed by atoms with Gasteiger partial charge in [0.05, 0.1) is 13.3 Å². The van der Waals surface area contributed by atoms with E-state index in [1.165, 1.54) is 4.52 Å². The number of aromatic nitrogens is 4. The van der Waals surface area contributed by atoms with Crippen molar-refractivity contribution in [2.24, 2.45) is 0 Å². The number of nitrogens with zero attached hydrogens (tertiary/aromatic N) is 4. The maximum atomic E-state index is 5.90. The topological polar surface area (TPSA) is 78.3 Å². The van der Waals surface area contributed by atoms with E-state index in [0.717, 1.165) is 11.3 Å². The molecule has 3 rings (SSSR count). The van der Waals surface area contributed by atoms with E-state index in [2.05, 4.69) is 15.1 Å². The molecule has 0 amide bonds. The van der Waals surface area contributed by atoms with E-state index in [9.17, 15) is 0 Å². The number of anilines is 1. The summed E-state index contributed by atoms with van der Waals surface area (Å²) in [5, 5.41) is 4.07. The van der Waals surface area contributed by atoms with Crippen molar-refractivity contribution >= 4 is 11.6 Å². The van der Waals surface area contributed by atoms with Crippen LogP contribution >= 0.6 is 0 Å². The fourth-order valence-electron chi connectivity index (χ4n) is 2.12. The third-order valence-corrected chi connectivity index (χ3v) is 3.28. The van der Waals surface area contributed by atoms with E-state index < -0.39 is 0 Å². The van der Waals surface area contributed by atoms with Gasteiger partial charge in [0.2, 0.25) is 5.95 Å². The first-order valence-electron chi connectivity index (χ1n) is 6.30. The Hall–Kier alpha value is -2.63. The molecule has 2 aromatic heterocycles. The summed E-state index contributed by atoms with van der Waals surface area (Å²) in [5.74, 6) is 1.84. The van der Waals surface area contributed by atoms with Crippen LogP contribution in [0.2, 0.25) is 0 Å². The lowest BCUT2D eigenvalue weighted by molar-refractivity contribution is 0.414. The minimum Gasteiger partial charge on any atom is -0.497 e. The van der Waals surface area contributed by atoms with Gasteiger partial charge in [-0.15, -0.1) is 0 Å². The summed E-state index contributed by atoms with van der Waals surface area (Å²) in [5.41, 5.74) is 7.67. The van der Waals surface area contributed by atoms with Gasteiger partial charge in [0.1, 0.15) is 11.6 Å². The van der Waals surface area contributed by atoms with Crippen LogP contribution in [0.5, 0.6) is 5.75 Å². The predicted octanol–water partition coefficient (Wildman–Crippen LogP) is 1.87. The lowest BCUT2D eigenvalue weighted by Gasteiger charge is -2.12. The van der Waals surface area contributed by atoms with Crippen molar-refractivity contribution in [1.82, 2.24) is 19.6 Å². The summed E-state index contributed by atoms with van der Waals surface area (Å²) >= 11 is 0. The number of nitrogens with two attached hydrogens (primary N) is 1. The zero-order valence-corrected chi connectivity index (χ0v) is 11.3. The number of nitrogen functional groups attached to an aromatic ring is 1. The highest BCUT2D eigenvalue weighted by Crippen LogP contribution is 2.25. The van der Waals surface area contributed by atoms with Gasteiger partial charge in [-0.25, -0.2) is 4.98 Å². The number of methoxy groups -OCH3 is 1. The Morgan fingerprint density at radius 2 is 2.10 bits per heavy atom. The normalized spacial score (nSPS) is 12.5. The molecule has 1 atom stereocenters. The van der Waals surface area contributed by atoms with Crippen LogP contribution in [-0.2, 0) is 0 Å². The first-order valence-corrected chi connectivity index (χ1v) is 6.30. The maximum absolute atomic E-state index is 5.90. The Kier molecular flexibility index (Phi) is 2.98. The molecule has 0 fully saturated rings. The number of benzene rings is 1. The average Bonchev–Trinajstić information content (AvgIpc) is 2.95. The minimum absolute atomic E-state index is 0.0206. The first kappa shape index (κ1) is 12.4. The quantitative estimate of drug-likeness (QED) is 0.785. The van der Waals surface area contributed by atoms with Crippen LogP contribution in [0.4, 0.5) is 5.95 Å². The van der Waals surface area contributed by atoms with E-state index in [1.54, 1.807) is 19.4 Å². The van der Waals surface area contributed by atoms with Gasteiger partial charge in [0.15, 0.2) is 5.65 Å². The highest BCUT2D eigenvalue weighted by molar-refractivity contribution is 5.43. The van der Waals surface area contributed by atoms with Crippen LogP contribution in [0.25, 0.3) is 5.65 Å². The average molecular weight is 269 g/mol. The number of ether oxygens (including phenoxy) is 1. The molecule has 6 nitrogen and oxygen atoms in total. The van der Waals surface area contributed by atoms with Crippen LogP contribution in [-0.4, -0.2) is 26.7 Å². The Morgan fingerprint density at radius 1 is 1.25 bits per heavy atom. The molecule has 0 aliphatic carbocycles. The summed E-state index contributed by atoms with van der Waals surface area (Å²) in [6.07, 6.45) is 1.65. The lowest BCUT2D eigenvalue weighted by atomic mass is 10.0. The number of hydrogen-bond acceptors (Lipinski definition) is 5. The molecule has 2 N–H and O–H groups in total. The van der Waals surface area contributed by atoms with Crippen molar-refractivity contribution in [3.8, 4) is 5.75 Å². The lowest BCUT2D eigenvalue weighted by Crippen LogP contribution is -2.10. The van der Waals surface area contributed by atoms with Crippen molar-refractivity contribution in [2.45, 2.75) is 12.8 Å². The maximum Gasteiger partial charge on any atom is 0.224 e. The van der Waals surface area contributed by atoms with Gasteiger partial charge in [0, 0.05) is 12.0 Å². The minimum atomic E-state index is 0.0206. The van der Waals surface area contributed by atoms with Gasteiger partial charge in [-0.2, -0.15) is 14.6 Å². The third-order valence-electron chi connectivity index (χ3n) is 3.28. The molecule has 0 aliphatic heterocycles. The molecule has 0 bridgehead atoms. The summed E-state index contributed by atoms with van der Waals surface area (Å²) in [7, 11) is 1.65. The molecule has 0 saturated heterocycles. The van der Waals surface area contributed by atoms with Crippen molar-refractivity contribution < 1.29 is 4.74 Å². The van der Waals surface area contributed by atoms with Crippen molar-refractivity contribution in [1.29, 1.82) is 0 Å². The van der Waals surface area contributed by atoms with E-state index >= 15 is 0 Å². The van der Waals surface area contributed by atoms with Crippen molar-refractivity contribution in [2.75, 3.05) is 12.8 Å². The van der Waals surface area contributed by atoms with Crippen LogP contribution in [0.1, 0.15) is 24.2 Å². The zero-order chi connectivity index (χ0) is 14.1. The van der Waals surface area contributed by atoms with E-state index in [4.69, 9.17) is 10.5 Å². The number of hydrogen-bond donors (Lipinski definition) is 1. The van der Waals surface area contributed by atoms with Gasteiger partial charge in [0.25, 0.3) is 0 Å². The number of rotatable bonds is 3. The molecule has 3 aromatic rings. The van der Waals surface area contributed by atoms with Crippen LogP contribution in [0.3, 0.4) is 0 Å². The second kappa shape index (κ2) is 4.80. The summed E-state index contributed by atoms with van der Waals surface area (Å²) in [4.78, 5) is 8.83. The van der Waals surface area contributed by atoms with Crippen LogP contribution < -0.4 is 10.5 Å². The van der Waals surface area contributed by atoms with Crippen LogP contribution in [0, 0.1) is 0 Å². The molecule has 1 aromatic carbocycles. The number of fused-ring (bicyclic) bond motifs is 1. The van der Waals surface area contributed by atoms with Gasteiger partial charge < -0.3 is 10.5 Å². The molecular formula is C14H15N5O. The Morgan fingerprint density at radius 3 is 2.90 bits per heavy atom. The van der Waals surface area contributed by atoms with E-state index in [0.29, 0.717) is 17.4 Å². The summed E-state index contributed by atoms with van der Waals surface area (Å²) < 4.78 is 6.76. The Bertz CT molecular complexity index is 752. The SMILES string of the molecule is COc1cccc([C@H](C)c2nc(N)n3nccc3n2)c1. The summed E-state index contributed by atoms with van der Waals surface area (Å²) in [6.45, 7) is 2.04. The van der Waals surface area contributed by atoms with Crippen LogP contribution in [0.15, 0.2) is 36.5 Å². The predicted molar refractivity (Wildman–Crippen MR) is 75.7 cm³/mol. The molecule has 20 heavy (non-hydrogen) atoms. The standard InChI is InChI=1S/C14H15N5O/c1-9(10-4-3-5-11(8-10)20-2)13-17-12-6-7-16-19(12)14(15)18-13/h3-9H,1-2H3,(H2,15,17,18)/t9-/m0/s1. The molecule has 0 unspecified atom stereocenters. The molecule has 102 valence electrons. The molecule has 6 heteroatoms. The fourth-order valence-corrected chi connectivity index (χ4v) is 2.12. The monoisotopic (exact) mass is 269 g/mol. The largest absolute Gasteiger partial charge is 0.497 e. The highest BCUT2D eigenvalue weighted by Gasteiger charge is 2.15. The fraction of sp³-hybridized carbons (Fsp3) is 0.214. The van der Waals surface area contributed by atoms with Gasteiger partial charge in [-0.05, 0) is 17.7 Å². The molecular weight excluding hydrogens is 254 g/mol. The van der Waals surface area contributed by atoms with Gasteiger partial charge in [-0.1, -0.05) is 19.1 Å². The summed E-state index contributed by atoms with van der Waals surface area (Å²) in [6, 6.07) is 9.66. The van der Waals surface area contributed by atoms with Crippen molar-refractivity contribution in [3.05, 3.63) is 47.9 Å².